The molecule has 0 radical (unpaired) electrons. The number of aryl methyl sites for hydroxylation is 2. The Bertz CT molecular complexity index is 564. The Morgan fingerprint density at radius 1 is 1.16 bits per heavy atom. The summed E-state index contributed by atoms with van der Waals surface area (Å²) in [6, 6.07) is 11.6. The van der Waals surface area contributed by atoms with Gasteiger partial charge < -0.3 is 4.74 Å². The summed E-state index contributed by atoms with van der Waals surface area (Å²) in [7, 11) is 0. The zero-order chi connectivity index (χ0) is 13.7. The van der Waals surface area contributed by atoms with Crippen LogP contribution in [0.3, 0.4) is 0 Å². The van der Waals surface area contributed by atoms with Crippen LogP contribution in [-0.4, -0.2) is 11.0 Å². The summed E-state index contributed by atoms with van der Waals surface area (Å²) < 4.78 is 5.25. The average Bonchev–Trinajstić information content (AvgIpc) is 2.41. The van der Waals surface area contributed by atoms with Gasteiger partial charge in [0.25, 0.3) is 0 Å². The Morgan fingerprint density at radius 2 is 2.00 bits per heavy atom. The van der Waals surface area contributed by atoms with E-state index in [4.69, 9.17) is 4.74 Å². The van der Waals surface area contributed by atoms with Crippen molar-refractivity contribution >= 4 is 5.97 Å². The van der Waals surface area contributed by atoms with Gasteiger partial charge in [-0.05, 0) is 42.7 Å². The Hall–Kier alpha value is -2.16. The van der Waals surface area contributed by atoms with Gasteiger partial charge in [-0.1, -0.05) is 24.3 Å². The normalized spacial score (nSPS) is 10.2. The summed E-state index contributed by atoms with van der Waals surface area (Å²) >= 11 is 0. The van der Waals surface area contributed by atoms with E-state index in [-0.39, 0.29) is 12.4 Å². The Kier molecular flexibility index (Phi) is 4.29. The molecule has 0 aliphatic carbocycles. The van der Waals surface area contributed by atoms with Gasteiger partial charge in [0.15, 0.2) is 0 Å². The van der Waals surface area contributed by atoms with E-state index in [9.17, 15) is 4.79 Å². The summed E-state index contributed by atoms with van der Waals surface area (Å²) in [5.41, 5.74) is 4.19. The maximum absolute atomic E-state index is 11.7. The van der Waals surface area contributed by atoms with Gasteiger partial charge in [0, 0.05) is 6.20 Å². The molecule has 0 amide bonds. The number of hydrogen-bond acceptors (Lipinski definition) is 3. The SMILES string of the molecule is Cc1ccc(COC(=O)Cc2ccccn2)cc1C. The molecule has 0 saturated heterocycles. The smallest absolute Gasteiger partial charge is 0.312 e. The fraction of sp³-hybridized carbons (Fsp3) is 0.250. The summed E-state index contributed by atoms with van der Waals surface area (Å²) in [6.07, 6.45) is 1.89. The van der Waals surface area contributed by atoms with Crippen LogP contribution in [0.1, 0.15) is 22.4 Å². The third kappa shape index (κ3) is 3.91. The van der Waals surface area contributed by atoms with E-state index in [2.05, 4.69) is 18.8 Å². The minimum atomic E-state index is -0.253. The van der Waals surface area contributed by atoms with Gasteiger partial charge in [-0.15, -0.1) is 0 Å². The lowest BCUT2D eigenvalue weighted by molar-refractivity contribution is -0.144. The van der Waals surface area contributed by atoms with Crippen molar-refractivity contribution in [2.24, 2.45) is 0 Å². The lowest BCUT2D eigenvalue weighted by Crippen LogP contribution is -2.09. The zero-order valence-corrected chi connectivity index (χ0v) is 11.2. The van der Waals surface area contributed by atoms with Crippen molar-refractivity contribution in [3.05, 3.63) is 65.0 Å². The predicted octanol–water partition coefficient (Wildman–Crippen LogP) is 2.98. The molecule has 0 atom stereocenters. The van der Waals surface area contributed by atoms with E-state index >= 15 is 0 Å². The molecular weight excluding hydrogens is 238 g/mol. The highest BCUT2D eigenvalue weighted by Gasteiger charge is 2.06. The molecule has 1 aromatic heterocycles. The first kappa shape index (κ1) is 13.3. The van der Waals surface area contributed by atoms with Crippen LogP contribution in [0.25, 0.3) is 0 Å². The lowest BCUT2D eigenvalue weighted by Gasteiger charge is -2.07. The second kappa shape index (κ2) is 6.14. The maximum Gasteiger partial charge on any atom is 0.312 e. The Balaban J connectivity index is 1.88. The second-order valence-corrected chi connectivity index (χ2v) is 4.58. The van der Waals surface area contributed by atoms with E-state index in [0.29, 0.717) is 6.61 Å². The molecule has 3 heteroatoms. The fourth-order valence-corrected chi connectivity index (χ4v) is 1.76. The third-order valence-corrected chi connectivity index (χ3v) is 3.02. The number of benzene rings is 1. The van der Waals surface area contributed by atoms with Gasteiger partial charge in [-0.25, -0.2) is 0 Å². The first-order valence-corrected chi connectivity index (χ1v) is 6.27. The van der Waals surface area contributed by atoms with Gasteiger partial charge >= 0.3 is 5.97 Å². The van der Waals surface area contributed by atoms with Crippen LogP contribution < -0.4 is 0 Å². The van der Waals surface area contributed by atoms with E-state index in [1.807, 2.05) is 36.4 Å². The molecule has 0 unspecified atom stereocenters. The van der Waals surface area contributed by atoms with Crippen molar-refractivity contribution in [3.8, 4) is 0 Å². The van der Waals surface area contributed by atoms with Crippen molar-refractivity contribution in [2.45, 2.75) is 26.9 Å². The Labute approximate surface area is 113 Å². The van der Waals surface area contributed by atoms with Crippen LogP contribution in [0.15, 0.2) is 42.6 Å². The highest BCUT2D eigenvalue weighted by molar-refractivity contribution is 5.71. The predicted molar refractivity (Wildman–Crippen MR) is 73.7 cm³/mol. The molecule has 0 aliphatic heterocycles. The quantitative estimate of drug-likeness (QED) is 0.788. The van der Waals surface area contributed by atoms with Gasteiger partial charge in [0.2, 0.25) is 0 Å². The molecule has 19 heavy (non-hydrogen) atoms. The lowest BCUT2D eigenvalue weighted by atomic mass is 10.1. The van der Waals surface area contributed by atoms with Crippen LogP contribution >= 0.6 is 0 Å². The molecule has 2 rings (SSSR count). The third-order valence-electron chi connectivity index (χ3n) is 3.02. The standard InChI is InChI=1S/C16H17NO2/c1-12-6-7-14(9-13(12)2)11-19-16(18)10-15-5-3-4-8-17-15/h3-9H,10-11H2,1-2H3. The van der Waals surface area contributed by atoms with Crippen molar-refractivity contribution in [3.63, 3.8) is 0 Å². The topological polar surface area (TPSA) is 39.2 Å². The number of nitrogens with zero attached hydrogens (tertiary/aromatic N) is 1. The molecule has 0 aliphatic rings. The number of carbonyl (C=O) groups excluding carboxylic acids is 1. The van der Waals surface area contributed by atoms with Crippen molar-refractivity contribution in [2.75, 3.05) is 0 Å². The first-order chi connectivity index (χ1) is 9.15. The summed E-state index contributed by atoms with van der Waals surface area (Å²) in [5.74, 6) is -0.253. The highest BCUT2D eigenvalue weighted by Crippen LogP contribution is 2.11. The molecule has 1 heterocycles. The molecule has 2 aromatic rings. The number of pyridine rings is 1. The number of ether oxygens (including phenoxy) is 1. The number of carbonyl (C=O) groups is 1. The largest absolute Gasteiger partial charge is 0.461 e. The summed E-state index contributed by atoms with van der Waals surface area (Å²) in [4.78, 5) is 15.8. The van der Waals surface area contributed by atoms with Gasteiger partial charge in [0.05, 0.1) is 12.1 Å². The number of rotatable bonds is 4. The molecular formula is C16H17NO2. The van der Waals surface area contributed by atoms with E-state index in [0.717, 1.165) is 11.3 Å². The molecule has 98 valence electrons. The van der Waals surface area contributed by atoms with Crippen molar-refractivity contribution in [1.29, 1.82) is 0 Å². The molecule has 1 aromatic carbocycles. The average molecular weight is 255 g/mol. The molecule has 0 N–H and O–H groups in total. The fourth-order valence-electron chi connectivity index (χ4n) is 1.76. The van der Waals surface area contributed by atoms with Gasteiger partial charge in [0.1, 0.15) is 6.61 Å². The molecule has 0 saturated carbocycles. The van der Waals surface area contributed by atoms with Crippen LogP contribution in [-0.2, 0) is 22.6 Å². The van der Waals surface area contributed by atoms with E-state index in [1.54, 1.807) is 6.20 Å². The van der Waals surface area contributed by atoms with Crippen molar-refractivity contribution < 1.29 is 9.53 Å². The monoisotopic (exact) mass is 255 g/mol. The minimum absolute atomic E-state index is 0.214. The van der Waals surface area contributed by atoms with Crippen LogP contribution in [0.4, 0.5) is 0 Å². The second-order valence-electron chi connectivity index (χ2n) is 4.58. The molecule has 3 nitrogen and oxygen atoms in total. The maximum atomic E-state index is 11.7. The zero-order valence-electron chi connectivity index (χ0n) is 11.2. The number of hydrogen-bond donors (Lipinski definition) is 0. The minimum Gasteiger partial charge on any atom is -0.461 e. The number of esters is 1. The van der Waals surface area contributed by atoms with E-state index < -0.39 is 0 Å². The van der Waals surface area contributed by atoms with E-state index in [1.165, 1.54) is 11.1 Å². The molecule has 0 spiro atoms. The molecule has 0 fully saturated rings. The highest BCUT2D eigenvalue weighted by atomic mass is 16.5. The Morgan fingerprint density at radius 3 is 2.68 bits per heavy atom. The summed E-state index contributed by atoms with van der Waals surface area (Å²) in [5, 5.41) is 0. The molecule has 0 bridgehead atoms. The summed E-state index contributed by atoms with van der Waals surface area (Å²) in [6.45, 7) is 4.42. The van der Waals surface area contributed by atoms with Crippen LogP contribution in [0.5, 0.6) is 0 Å². The van der Waals surface area contributed by atoms with Crippen LogP contribution in [0.2, 0.25) is 0 Å². The first-order valence-electron chi connectivity index (χ1n) is 6.27. The number of aromatic nitrogens is 1. The van der Waals surface area contributed by atoms with Gasteiger partial charge in [-0.2, -0.15) is 0 Å². The van der Waals surface area contributed by atoms with Gasteiger partial charge in [-0.3, -0.25) is 9.78 Å². The van der Waals surface area contributed by atoms with Crippen molar-refractivity contribution in [1.82, 2.24) is 4.98 Å². The van der Waals surface area contributed by atoms with Crippen LogP contribution in [0, 0.1) is 13.8 Å².